The molecule has 1 aliphatic rings. The van der Waals surface area contributed by atoms with Crippen LogP contribution in [0.4, 0.5) is 5.69 Å². The zero-order chi connectivity index (χ0) is 20.9. The van der Waals surface area contributed by atoms with Crippen LogP contribution in [0.25, 0.3) is 0 Å². The van der Waals surface area contributed by atoms with E-state index in [4.69, 9.17) is 9.47 Å². The summed E-state index contributed by atoms with van der Waals surface area (Å²) in [5.74, 6) is 0.578. The third-order valence-corrected chi connectivity index (χ3v) is 6.59. The van der Waals surface area contributed by atoms with Crippen LogP contribution in [0, 0.1) is 13.8 Å². The second kappa shape index (κ2) is 9.39. The lowest BCUT2D eigenvalue weighted by molar-refractivity contribution is -0.116. The minimum atomic E-state index is -3.54. The fourth-order valence-electron chi connectivity index (χ4n) is 2.99. The Morgan fingerprint density at radius 1 is 1.10 bits per heavy atom. The number of rotatable bonds is 7. The molecular weight excluding hydrogens is 392 g/mol. The number of ether oxygens (including phenoxy) is 2. The number of sulfonamides is 1. The average Bonchev–Trinajstić information content (AvgIpc) is 2.71. The van der Waals surface area contributed by atoms with E-state index in [-0.39, 0.29) is 23.8 Å². The number of morpholine rings is 1. The molecule has 0 aromatic heterocycles. The first-order chi connectivity index (χ1) is 13.9. The van der Waals surface area contributed by atoms with Crippen molar-refractivity contribution < 1.29 is 22.7 Å². The van der Waals surface area contributed by atoms with Crippen molar-refractivity contribution in [1.82, 2.24) is 4.31 Å². The molecule has 1 heterocycles. The summed E-state index contributed by atoms with van der Waals surface area (Å²) in [7, 11) is -3.54. The van der Waals surface area contributed by atoms with Crippen LogP contribution in [0.3, 0.4) is 0 Å². The van der Waals surface area contributed by atoms with E-state index in [0.29, 0.717) is 32.0 Å². The summed E-state index contributed by atoms with van der Waals surface area (Å²) in [6, 6.07) is 12.1. The molecule has 8 heteroatoms. The monoisotopic (exact) mass is 418 g/mol. The van der Waals surface area contributed by atoms with Gasteiger partial charge in [0.15, 0.2) is 0 Å². The zero-order valence-corrected chi connectivity index (χ0v) is 17.5. The number of amides is 1. The van der Waals surface area contributed by atoms with Gasteiger partial charge in [0.2, 0.25) is 15.9 Å². The maximum Gasteiger partial charge on any atom is 0.243 e. The first-order valence-electron chi connectivity index (χ1n) is 9.54. The molecule has 7 nitrogen and oxygen atoms in total. The van der Waals surface area contributed by atoms with Crippen molar-refractivity contribution >= 4 is 21.6 Å². The Kier molecular flexibility index (Phi) is 6.89. The normalized spacial score (nSPS) is 15.1. The van der Waals surface area contributed by atoms with Gasteiger partial charge < -0.3 is 14.8 Å². The number of hydrogen-bond donors (Lipinski definition) is 1. The number of hydrogen-bond acceptors (Lipinski definition) is 5. The highest BCUT2D eigenvalue weighted by atomic mass is 32.2. The quantitative estimate of drug-likeness (QED) is 0.747. The summed E-state index contributed by atoms with van der Waals surface area (Å²) < 4.78 is 37.5. The molecule has 156 valence electrons. The van der Waals surface area contributed by atoms with Gasteiger partial charge in [0, 0.05) is 18.8 Å². The maximum atomic E-state index is 12.6. The maximum absolute atomic E-state index is 12.6. The van der Waals surface area contributed by atoms with Gasteiger partial charge in [-0.05, 0) is 55.3 Å². The Morgan fingerprint density at radius 2 is 1.79 bits per heavy atom. The van der Waals surface area contributed by atoms with Crippen molar-refractivity contribution in [3.8, 4) is 5.75 Å². The van der Waals surface area contributed by atoms with Crippen molar-refractivity contribution in [2.24, 2.45) is 0 Å². The molecule has 0 bridgehead atoms. The van der Waals surface area contributed by atoms with Crippen LogP contribution in [0.5, 0.6) is 5.75 Å². The summed E-state index contributed by atoms with van der Waals surface area (Å²) in [6.07, 6.45) is 0.196. The second-order valence-electron chi connectivity index (χ2n) is 6.96. The Balaban J connectivity index is 1.52. The molecule has 1 amide bonds. The molecule has 1 fully saturated rings. The van der Waals surface area contributed by atoms with Crippen molar-refractivity contribution in [1.29, 1.82) is 0 Å². The van der Waals surface area contributed by atoms with Crippen LogP contribution >= 0.6 is 0 Å². The number of nitrogens with zero attached hydrogens (tertiary/aromatic N) is 1. The Morgan fingerprint density at radius 3 is 2.48 bits per heavy atom. The van der Waals surface area contributed by atoms with E-state index >= 15 is 0 Å². The van der Waals surface area contributed by atoms with Gasteiger partial charge in [0.1, 0.15) is 5.75 Å². The largest absolute Gasteiger partial charge is 0.493 e. The molecule has 0 spiro atoms. The third kappa shape index (κ3) is 5.56. The topological polar surface area (TPSA) is 84.9 Å². The highest BCUT2D eigenvalue weighted by Gasteiger charge is 2.26. The number of aryl methyl sites for hydroxylation is 2. The molecular formula is C21H26N2O5S. The molecule has 0 aliphatic carbocycles. The van der Waals surface area contributed by atoms with Crippen LogP contribution < -0.4 is 10.1 Å². The van der Waals surface area contributed by atoms with Crippen LogP contribution in [0.1, 0.15) is 17.5 Å². The van der Waals surface area contributed by atoms with Crippen molar-refractivity contribution in [3.05, 3.63) is 53.6 Å². The van der Waals surface area contributed by atoms with E-state index in [0.717, 1.165) is 16.9 Å². The molecule has 0 radical (unpaired) electrons. The molecule has 0 unspecified atom stereocenters. The van der Waals surface area contributed by atoms with Gasteiger partial charge in [-0.3, -0.25) is 4.79 Å². The highest BCUT2D eigenvalue weighted by molar-refractivity contribution is 7.89. The Labute approximate surface area is 171 Å². The van der Waals surface area contributed by atoms with Crippen molar-refractivity contribution in [3.63, 3.8) is 0 Å². The molecule has 1 N–H and O–H groups in total. The SMILES string of the molecule is Cc1ccc(C)c(OCCC(=O)Nc2ccc(S(=O)(=O)N3CCOCC3)cc2)c1. The van der Waals surface area contributed by atoms with E-state index in [1.807, 2.05) is 32.0 Å². The Hall–Kier alpha value is -2.42. The lowest BCUT2D eigenvalue weighted by Crippen LogP contribution is -2.40. The summed E-state index contributed by atoms with van der Waals surface area (Å²) in [5, 5.41) is 2.77. The number of carbonyl (C=O) groups excluding carboxylic acids is 1. The van der Waals surface area contributed by atoms with E-state index in [1.54, 1.807) is 12.1 Å². The van der Waals surface area contributed by atoms with E-state index < -0.39 is 10.0 Å². The Bertz CT molecular complexity index is 952. The summed E-state index contributed by atoms with van der Waals surface area (Å²) in [4.78, 5) is 12.4. The first kappa shape index (κ1) is 21.3. The predicted octanol–water partition coefficient (Wildman–Crippen LogP) is 2.73. The van der Waals surface area contributed by atoms with Crippen LogP contribution in [-0.2, 0) is 19.6 Å². The molecule has 2 aromatic carbocycles. The number of nitrogens with one attached hydrogen (secondary N) is 1. The van der Waals surface area contributed by atoms with Crippen LogP contribution in [0.15, 0.2) is 47.4 Å². The first-order valence-corrected chi connectivity index (χ1v) is 11.0. The predicted molar refractivity (Wildman–Crippen MR) is 111 cm³/mol. The number of carbonyl (C=O) groups is 1. The summed E-state index contributed by atoms with van der Waals surface area (Å²) >= 11 is 0. The molecule has 29 heavy (non-hydrogen) atoms. The van der Waals surface area contributed by atoms with E-state index in [9.17, 15) is 13.2 Å². The highest BCUT2D eigenvalue weighted by Crippen LogP contribution is 2.21. The second-order valence-corrected chi connectivity index (χ2v) is 8.89. The van der Waals surface area contributed by atoms with Gasteiger partial charge in [-0.25, -0.2) is 8.42 Å². The van der Waals surface area contributed by atoms with Gasteiger partial charge in [-0.15, -0.1) is 0 Å². The lowest BCUT2D eigenvalue weighted by atomic mass is 10.1. The van der Waals surface area contributed by atoms with Crippen LogP contribution in [-0.4, -0.2) is 51.5 Å². The molecule has 0 atom stereocenters. The van der Waals surface area contributed by atoms with Gasteiger partial charge in [0.05, 0.1) is 31.1 Å². The van der Waals surface area contributed by atoms with Crippen LogP contribution in [0.2, 0.25) is 0 Å². The smallest absolute Gasteiger partial charge is 0.243 e. The fourth-order valence-corrected chi connectivity index (χ4v) is 4.39. The van der Waals surface area contributed by atoms with Gasteiger partial charge in [-0.2, -0.15) is 4.31 Å². The molecule has 1 saturated heterocycles. The lowest BCUT2D eigenvalue weighted by Gasteiger charge is -2.26. The number of anilines is 1. The average molecular weight is 419 g/mol. The minimum Gasteiger partial charge on any atom is -0.493 e. The molecule has 2 aromatic rings. The molecule has 1 aliphatic heterocycles. The zero-order valence-electron chi connectivity index (χ0n) is 16.7. The van der Waals surface area contributed by atoms with E-state index in [2.05, 4.69) is 5.32 Å². The standard InChI is InChI=1S/C21H26N2O5S/c1-16-3-4-17(2)20(15-16)28-12-9-21(24)22-18-5-7-19(8-6-18)29(25,26)23-10-13-27-14-11-23/h3-8,15H,9-14H2,1-2H3,(H,22,24). The molecule has 0 saturated carbocycles. The van der Waals surface area contributed by atoms with Crippen molar-refractivity contribution in [2.45, 2.75) is 25.2 Å². The number of benzene rings is 2. The van der Waals surface area contributed by atoms with Crippen molar-refractivity contribution in [2.75, 3.05) is 38.2 Å². The van der Waals surface area contributed by atoms with Gasteiger partial charge in [-0.1, -0.05) is 12.1 Å². The fraction of sp³-hybridized carbons (Fsp3) is 0.381. The summed E-state index contributed by atoms with van der Waals surface area (Å²) in [6.45, 7) is 5.71. The minimum absolute atomic E-state index is 0.195. The summed E-state index contributed by atoms with van der Waals surface area (Å²) in [5.41, 5.74) is 2.66. The third-order valence-electron chi connectivity index (χ3n) is 4.68. The molecule has 3 rings (SSSR count). The van der Waals surface area contributed by atoms with E-state index in [1.165, 1.54) is 16.4 Å². The van der Waals surface area contributed by atoms with Gasteiger partial charge >= 0.3 is 0 Å². The van der Waals surface area contributed by atoms with Gasteiger partial charge in [0.25, 0.3) is 0 Å².